The topological polar surface area (TPSA) is 92.9 Å². The zero-order valence-corrected chi connectivity index (χ0v) is 10.6. The minimum atomic E-state index is -0.369. The van der Waals surface area contributed by atoms with Crippen molar-refractivity contribution in [2.75, 3.05) is 11.1 Å². The number of carbonyl (C=O) groups is 1. The van der Waals surface area contributed by atoms with E-state index in [2.05, 4.69) is 20.6 Å². The summed E-state index contributed by atoms with van der Waals surface area (Å²) >= 11 is 0. The lowest BCUT2D eigenvalue weighted by Crippen LogP contribution is -2.41. The van der Waals surface area contributed by atoms with Crippen molar-refractivity contribution in [1.29, 1.82) is 0 Å². The normalized spacial score (nSPS) is 12.3. The summed E-state index contributed by atoms with van der Waals surface area (Å²) in [4.78, 5) is 19.8. The van der Waals surface area contributed by atoms with E-state index in [0.29, 0.717) is 17.5 Å². The molecule has 1 amide bonds. The molecule has 0 aliphatic rings. The maximum absolute atomic E-state index is 11.7. The second kappa shape index (κ2) is 5.47. The number of hydrogen-bond acceptors (Lipinski definition) is 5. The summed E-state index contributed by atoms with van der Waals surface area (Å²) < 4.78 is 0. The number of hydrogen-bond donors (Lipinski definition) is 3. The van der Waals surface area contributed by atoms with E-state index in [1.807, 2.05) is 13.8 Å². The van der Waals surface area contributed by atoms with Crippen LogP contribution in [-0.4, -0.2) is 28.0 Å². The van der Waals surface area contributed by atoms with E-state index >= 15 is 0 Å². The Morgan fingerprint density at radius 1 is 1.35 bits per heavy atom. The number of nitrogen functional groups attached to an aromatic ring is 1. The van der Waals surface area contributed by atoms with Crippen LogP contribution >= 0.6 is 0 Å². The highest BCUT2D eigenvalue weighted by Crippen LogP contribution is 2.09. The molecule has 0 fully saturated rings. The van der Waals surface area contributed by atoms with Gasteiger partial charge >= 0.3 is 0 Å². The van der Waals surface area contributed by atoms with E-state index in [9.17, 15) is 4.79 Å². The molecule has 6 heteroatoms. The van der Waals surface area contributed by atoms with Crippen molar-refractivity contribution >= 4 is 17.5 Å². The second-order valence-corrected chi connectivity index (χ2v) is 4.25. The number of nitrogens with two attached hydrogens (primary N) is 1. The van der Waals surface area contributed by atoms with Gasteiger partial charge in [0.25, 0.3) is 0 Å². The quantitative estimate of drug-likeness (QED) is 0.716. The molecule has 0 aliphatic carbocycles. The Balaban J connectivity index is 2.67. The average Bonchev–Trinajstić information content (AvgIpc) is 2.14. The van der Waals surface area contributed by atoms with Gasteiger partial charge in [-0.2, -0.15) is 0 Å². The van der Waals surface area contributed by atoms with Gasteiger partial charge in [0.1, 0.15) is 23.5 Å². The summed E-state index contributed by atoms with van der Waals surface area (Å²) in [6, 6.07) is 1.35. The smallest absolute Gasteiger partial charge is 0.242 e. The monoisotopic (exact) mass is 237 g/mol. The van der Waals surface area contributed by atoms with Crippen molar-refractivity contribution in [2.45, 2.75) is 39.8 Å². The first-order valence-electron chi connectivity index (χ1n) is 5.56. The largest absolute Gasteiger partial charge is 0.384 e. The number of rotatable bonds is 4. The number of nitrogens with one attached hydrogen (secondary N) is 2. The number of amides is 1. The van der Waals surface area contributed by atoms with Crippen LogP contribution in [0.1, 0.15) is 26.6 Å². The molecular formula is C11H19N5O. The lowest BCUT2D eigenvalue weighted by atomic mass is 10.3. The molecule has 1 unspecified atom stereocenters. The van der Waals surface area contributed by atoms with Crippen LogP contribution in [0.25, 0.3) is 0 Å². The molecule has 1 aromatic heterocycles. The molecule has 0 radical (unpaired) electrons. The van der Waals surface area contributed by atoms with Gasteiger partial charge in [-0.15, -0.1) is 0 Å². The molecule has 94 valence electrons. The maximum Gasteiger partial charge on any atom is 0.242 e. The molecule has 1 rings (SSSR count). The molecule has 17 heavy (non-hydrogen) atoms. The van der Waals surface area contributed by atoms with Gasteiger partial charge in [-0.3, -0.25) is 4.79 Å². The molecule has 1 aromatic rings. The second-order valence-electron chi connectivity index (χ2n) is 4.25. The average molecular weight is 237 g/mol. The molecule has 1 atom stereocenters. The molecule has 0 saturated heterocycles. The summed E-state index contributed by atoms with van der Waals surface area (Å²) in [5.74, 6) is 1.44. The lowest BCUT2D eigenvalue weighted by molar-refractivity contribution is -0.122. The van der Waals surface area contributed by atoms with Crippen molar-refractivity contribution in [3.05, 3.63) is 11.9 Å². The van der Waals surface area contributed by atoms with Crippen LogP contribution < -0.4 is 16.4 Å². The Morgan fingerprint density at radius 3 is 2.53 bits per heavy atom. The van der Waals surface area contributed by atoms with E-state index in [4.69, 9.17) is 5.73 Å². The van der Waals surface area contributed by atoms with Crippen LogP contribution in [0.2, 0.25) is 0 Å². The Bertz CT molecular complexity index is 385. The SMILES string of the molecule is Cc1nc(N)cc(NC(C)C(=O)NC(C)C)n1. The maximum atomic E-state index is 11.7. The van der Waals surface area contributed by atoms with E-state index in [-0.39, 0.29) is 18.0 Å². The van der Waals surface area contributed by atoms with Crippen molar-refractivity contribution in [2.24, 2.45) is 0 Å². The van der Waals surface area contributed by atoms with Gasteiger partial charge in [-0.25, -0.2) is 9.97 Å². The highest BCUT2D eigenvalue weighted by molar-refractivity contribution is 5.84. The third-order valence-electron chi connectivity index (χ3n) is 2.05. The van der Waals surface area contributed by atoms with Crippen LogP contribution in [0.5, 0.6) is 0 Å². The van der Waals surface area contributed by atoms with Gasteiger partial charge in [0.05, 0.1) is 0 Å². The van der Waals surface area contributed by atoms with Crippen molar-refractivity contribution < 1.29 is 4.79 Å². The van der Waals surface area contributed by atoms with Crippen LogP contribution in [-0.2, 0) is 4.79 Å². The first kappa shape index (κ1) is 13.2. The van der Waals surface area contributed by atoms with E-state index in [1.165, 1.54) is 0 Å². The Morgan fingerprint density at radius 2 is 2.00 bits per heavy atom. The molecule has 0 aliphatic heterocycles. The molecule has 0 spiro atoms. The predicted molar refractivity (Wildman–Crippen MR) is 67.5 cm³/mol. The summed E-state index contributed by atoms with van der Waals surface area (Å²) in [7, 11) is 0. The standard InChI is InChI=1S/C11H19N5O/c1-6(2)13-11(17)7(3)14-10-5-9(12)15-8(4)16-10/h5-7H,1-4H3,(H,13,17)(H3,12,14,15,16). The molecular weight excluding hydrogens is 218 g/mol. The molecule has 4 N–H and O–H groups in total. The van der Waals surface area contributed by atoms with E-state index in [0.717, 1.165) is 0 Å². The lowest BCUT2D eigenvalue weighted by Gasteiger charge is -2.16. The number of aromatic nitrogens is 2. The molecule has 0 bridgehead atoms. The minimum absolute atomic E-state index is 0.0742. The molecule has 6 nitrogen and oxygen atoms in total. The predicted octanol–water partition coefficient (Wildman–Crippen LogP) is 0.692. The number of nitrogens with zero attached hydrogens (tertiary/aromatic N) is 2. The van der Waals surface area contributed by atoms with Crippen LogP contribution in [0.3, 0.4) is 0 Å². The third kappa shape index (κ3) is 4.26. The number of carbonyl (C=O) groups excluding carboxylic acids is 1. The first-order chi connectivity index (χ1) is 7.88. The van der Waals surface area contributed by atoms with Gasteiger partial charge < -0.3 is 16.4 Å². The Labute approximate surface area is 101 Å². The zero-order chi connectivity index (χ0) is 13.0. The highest BCUT2D eigenvalue weighted by Gasteiger charge is 2.14. The number of aryl methyl sites for hydroxylation is 1. The van der Waals surface area contributed by atoms with Gasteiger partial charge in [-0.1, -0.05) is 0 Å². The van der Waals surface area contributed by atoms with Gasteiger partial charge in [0.2, 0.25) is 5.91 Å². The fourth-order valence-electron chi connectivity index (χ4n) is 1.36. The summed E-state index contributed by atoms with van der Waals surface area (Å²) in [6.07, 6.45) is 0. The summed E-state index contributed by atoms with van der Waals surface area (Å²) in [6.45, 7) is 7.35. The summed E-state index contributed by atoms with van der Waals surface area (Å²) in [5, 5.41) is 5.80. The van der Waals surface area contributed by atoms with Gasteiger partial charge in [0, 0.05) is 12.1 Å². The zero-order valence-electron chi connectivity index (χ0n) is 10.6. The Kier molecular flexibility index (Phi) is 4.25. The van der Waals surface area contributed by atoms with Crippen molar-refractivity contribution in [3.8, 4) is 0 Å². The van der Waals surface area contributed by atoms with Gasteiger partial charge in [0.15, 0.2) is 0 Å². The van der Waals surface area contributed by atoms with Crippen LogP contribution in [0, 0.1) is 6.92 Å². The first-order valence-corrected chi connectivity index (χ1v) is 5.56. The van der Waals surface area contributed by atoms with E-state index in [1.54, 1.807) is 19.9 Å². The molecule has 0 aromatic carbocycles. The van der Waals surface area contributed by atoms with E-state index < -0.39 is 0 Å². The van der Waals surface area contributed by atoms with Crippen molar-refractivity contribution in [3.63, 3.8) is 0 Å². The van der Waals surface area contributed by atoms with Gasteiger partial charge in [-0.05, 0) is 27.7 Å². The minimum Gasteiger partial charge on any atom is -0.384 e. The van der Waals surface area contributed by atoms with Crippen molar-refractivity contribution in [1.82, 2.24) is 15.3 Å². The highest BCUT2D eigenvalue weighted by atomic mass is 16.2. The Hall–Kier alpha value is -1.85. The molecule has 1 heterocycles. The summed E-state index contributed by atoms with van der Waals surface area (Å²) in [5.41, 5.74) is 5.60. The third-order valence-corrected chi connectivity index (χ3v) is 2.05. The number of anilines is 2. The van der Waals surface area contributed by atoms with Crippen LogP contribution in [0.15, 0.2) is 6.07 Å². The fourth-order valence-corrected chi connectivity index (χ4v) is 1.36. The fraction of sp³-hybridized carbons (Fsp3) is 0.545. The molecule has 0 saturated carbocycles. The van der Waals surface area contributed by atoms with Crippen LogP contribution in [0.4, 0.5) is 11.6 Å².